The van der Waals surface area contributed by atoms with E-state index in [1.165, 1.54) is 5.56 Å². The third kappa shape index (κ3) is 5.92. The molecule has 8 heteroatoms. The Morgan fingerprint density at radius 3 is 2.38 bits per heavy atom. The van der Waals surface area contributed by atoms with Crippen molar-refractivity contribution in [3.63, 3.8) is 0 Å². The number of hydrogen-bond acceptors (Lipinski definition) is 5. The first-order valence-electron chi connectivity index (χ1n) is 9.43. The van der Waals surface area contributed by atoms with Crippen LogP contribution in [0, 0.1) is 11.7 Å². The summed E-state index contributed by atoms with van der Waals surface area (Å²) in [6.07, 6.45) is 0.595. The SMILES string of the molecule is CCn1c(CCNC(=O)COc2ccc(Oc3ccc(C)cc3)cc2)n[nH]c1=S. The largest absolute Gasteiger partial charge is 0.484 e. The van der Waals surface area contributed by atoms with Crippen LogP contribution in [0.3, 0.4) is 0 Å². The summed E-state index contributed by atoms with van der Waals surface area (Å²) in [6, 6.07) is 15.0. The first-order valence-corrected chi connectivity index (χ1v) is 9.84. The van der Waals surface area contributed by atoms with Gasteiger partial charge in [0.1, 0.15) is 23.1 Å². The van der Waals surface area contributed by atoms with E-state index in [4.69, 9.17) is 21.7 Å². The van der Waals surface area contributed by atoms with E-state index in [1.54, 1.807) is 24.3 Å². The van der Waals surface area contributed by atoms with Gasteiger partial charge in [0, 0.05) is 19.5 Å². The Morgan fingerprint density at radius 2 is 1.72 bits per heavy atom. The highest BCUT2D eigenvalue weighted by atomic mass is 32.1. The second-order valence-corrected chi connectivity index (χ2v) is 6.85. The number of nitrogens with zero attached hydrogens (tertiary/aromatic N) is 2. The summed E-state index contributed by atoms with van der Waals surface area (Å²) in [5, 5.41) is 9.75. The molecule has 0 aliphatic rings. The fraction of sp³-hybridized carbons (Fsp3) is 0.286. The quantitative estimate of drug-likeness (QED) is 0.523. The molecule has 29 heavy (non-hydrogen) atoms. The van der Waals surface area contributed by atoms with Crippen LogP contribution in [-0.4, -0.2) is 33.8 Å². The average Bonchev–Trinajstić information content (AvgIpc) is 3.08. The Bertz CT molecular complexity index is 994. The second-order valence-electron chi connectivity index (χ2n) is 6.46. The van der Waals surface area contributed by atoms with Crippen molar-refractivity contribution in [2.24, 2.45) is 0 Å². The second kappa shape index (κ2) is 9.88. The fourth-order valence-electron chi connectivity index (χ4n) is 2.73. The molecule has 7 nitrogen and oxygen atoms in total. The van der Waals surface area contributed by atoms with Gasteiger partial charge in [-0.25, -0.2) is 0 Å². The lowest BCUT2D eigenvalue weighted by atomic mass is 10.2. The molecule has 0 bridgehead atoms. The van der Waals surface area contributed by atoms with Gasteiger partial charge in [0.25, 0.3) is 5.91 Å². The summed E-state index contributed by atoms with van der Waals surface area (Å²) >= 11 is 5.15. The number of amides is 1. The van der Waals surface area contributed by atoms with Crippen LogP contribution in [0.4, 0.5) is 0 Å². The molecule has 152 valence electrons. The van der Waals surface area contributed by atoms with Gasteiger partial charge in [-0.1, -0.05) is 17.7 Å². The molecule has 0 radical (unpaired) electrons. The van der Waals surface area contributed by atoms with Gasteiger partial charge in [-0.2, -0.15) is 5.10 Å². The van der Waals surface area contributed by atoms with E-state index >= 15 is 0 Å². The van der Waals surface area contributed by atoms with Gasteiger partial charge < -0.3 is 19.4 Å². The highest BCUT2D eigenvalue weighted by Crippen LogP contribution is 2.24. The Hall–Kier alpha value is -3.13. The highest BCUT2D eigenvalue weighted by molar-refractivity contribution is 7.71. The molecule has 2 N–H and O–H groups in total. The summed E-state index contributed by atoms with van der Waals surface area (Å²) in [5.41, 5.74) is 1.18. The zero-order valence-electron chi connectivity index (χ0n) is 16.5. The molecular weight excluding hydrogens is 388 g/mol. The minimum atomic E-state index is -0.192. The summed E-state index contributed by atoms with van der Waals surface area (Å²) in [4.78, 5) is 12.0. The normalized spacial score (nSPS) is 10.6. The first-order chi connectivity index (χ1) is 14.0. The minimum Gasteiger partial charge on any atom is -0.484 e. The molecule has 0 saturated carbocycles. The predicted octanol–water partition coefficient (Wildman–Crippen LogP) is 3.80. The van der Waals surface area contributed by atoms with E-state index in [1.807, 2.05) is 42.7 Å². The monoisotopic (exact) mass is 412 g/mol. The fourth-order valence-corrected chi connectivity index (χ4v) is 3.01. The van der Waals surface area contributed by atoms with E-state index in [-0.39, 0.29) is 12.5 Å². The highest BCUT2D eigenvalue weighted by Gasteiger charge is 2.07. The summed E-state index contributed by atoms with van der Waals surface area (Å²) in [6.45, 7) is 5.18. The Kier molecular flexibility index (Phi) is 7.02. The van der Waals surface area contributed by atoms with Gasteiger partial charge in [-0.05, 0) is 62.5 Å². The molecule has 0 atom stereocenters. The predicted molar refractivity (Wildman–Crippen MR) is 113 cm³/mol. The third-order valence-corrected chi connectivity index (χ3v) is 4.59. The molecule has 1 aromatic heterocycles. The Morgan fingerprint density at radius 1 is 1.10 bits per heavy atom. The van der Waals surface area contributed by atoms with Crippen LogP contribution >= 0.6 is 12.2 Å². The van der Waals surface area contributed by atoms with Crippen molar-refractivity contribution >= 4 is 18.1 Å². The topological polar surface area (TPSA) is 81.2 Å². The molecule has 0 spiro atoms. The minimum absolute atomic E-state index is 0.0567. The third-order valence-electron chi connectivity index (χ3n) is 4.27. The van der Waals surface area contributed by atoms with E-state index in [2.05, 4.69) is 15.5 Å². The van der Waals surface area contributed by atoms with Crippen LogP contribution in [0.1, 0.15) is 18.3 Å². The number of hydrogen-bond donors (Lipinski definition) is 2. The van der Waals surface area contributed by atoms with E-state index in [0.29, 0.717) is 29.2 Å². The van der Waals surface area contributed by atoms with Gasteiger partial charge >= 0.3 is 0 Å². The molecule has 0 saturated heterocycles. The van der Waals surface area contributed by atoms with Crippen molar-refractivity contribution < 1.29 is 14.3 Å². The number of aromatic nitrogens is 3. The molecule has 1 amide bonds. The van der Waals surface area contributed by atoms with Crippen LogP contribution in [0.2, 0.25) is 0 Å². The van der Waals surface area contributed by atoms with Crippen LogP contribution in [0.15, 0.2) is 48.5 Å². The van der Waals surface area contributed by atoms with Crippen molar-refractivity contribution in [1.29, 1.82) is 0 Å². The standard InChI is InChI=1S/C21H24N4O3S/c1-3-25-19(23-24-21(25)29)12-13-22-20(26)14-27-16-8-10-18(11-9-16)28-17-6-4-15(2)5-7-17/h4-11H,3,12-14H2,1-2H3,(H,22,26)(H,24,29). The zero-order valence-corrected chi connectivity index (χ0v) is 17.3. The maximum absolute atomic E-state index is 12.0. The molecule has 3 rings (SSSR count). The van der Waals surface area contributed by atoms with Crippen LogP contribution in [0.25, 0.3) is 0 Å². The van der Waals surface area contributed by atoms with Crippen molar-refractivity contribution in [3.05, 3.63) is 64.7 Å². The molecule has 3 aromatic rings. The lowest BCUT2D eigenvalue weighted by Gasteiger charge is -2.09. The van der Waals surface area contributed by atoms with E-state index in [0.717, 1.165) is 18.1 Å². The maximum atomic E-state index is 12.0. The van der Waals surface area contributed by atoms with Gasteiger partial charge in [0.15, 0.2) is 11.4 Å². The zero-order chi connectivity index (χ0) is 20.6. The van der Waals surface area contributed by atoms with Gasteiger partial charge in [-0.3, -0.25) is 9.89 Å². The van der Waals surface area contributed by atoms with Crippen LogP contribution in [0.5, 0.6) is 17.2 Å². The summed E-state index contributed by atoms with van der Waals surface area (Å²) in [5.74, 6) is 2.71. The summed E-state index contributed by atoms with van der Waals surface area (Å²) < 4.78 is 13.8. The summed E-state index contributed by atoms with van der Waals surface area (Å²) in [7, 11) is 0. The first kappa shape index (κ1) is 20.6. The van der Waals surface area contributed by atoms with Crippen molar-refractivity contribution in [2.45, 2.75) is 26.8 Å². The maximum Gasteiger partial charge on any atom is 0.257 e. The van der Waals surface area contributed by atoms with Crippen LogP contribution < -0.4 is 14.8 Å². The Labute approximate surface area is 174 Å². The molecule has 0 aliphatic heterocycles. The number of carbonyl (C=O) groups is 1. The number of carbonyl (C=O) groups excluding carboxylic acids is 1. The van der Waals surface area contributed by atoms with Gasteiger partial charge in [0.05, 0.1) is 0 Å². The molecule has 0 fully saturated rings. The number of nitrogens with one attached hydrogen (secondary N) is 2. The van der Waals surface area contributed by atoms with Crippen LogP contribution in [-0.2, 0) is 17.8 Å². The number of aromatic amines is 1. The van der Waals surface area contributed by atoms with Crippen molar-refractivity contribution in [3.8, 4) is 17.2 Å². The van der Waals surface area contributed by atoms with Crippen molar-refractivity contribution in [2.75, 3.05) is 13.2 Å². The number of benzene rings is 2. The number of H-pyrrole nitrogens is 1. The molecule has 0 unspecified atom stereocenters. The van der Waals surface area contributed by atoms with E-state index in [9.17, 15) is 4.79 Å². The molecular formula is C21H24N4O3S. The lowest BCUT2D eigenvalue weighted by molar-refractivity contribution is -0.123. The molecule has 0 aliphatic carbocycles. The lowest BCUT2D eigenvalue weighted by Crippen LogP contribution is -2.31. The molecule has 1 heterocycles. The number of rotatable bonds is 9. The van der Waals surface area contributed by atoms with E-state index < -0.39 is 0 Å². The number of ether oxygens (including phenoxy) is 2. The molecule has 2 aromatic carbocycles. The van der Waals surface area contributed by atoms with Gasteiger partial charge in [0.2, 0.25) is 0 Å². The van der Waals surface area contributed by atoms with Crippen molar-refractivity contribution in [1.82, 2.24) is 20.1 Å². The number of aryl methyl sites for hydroxylation is 1. The Balaban J connectivity index is 1.41. The van der Waals surface area contributed by atoms with Gasteiger partial charge in [-0.15, -0.1) is 0 Å². The average molecular weight is 413 g/mol. The smallest absolute Gasteiger partial charge is 0.257 e.